The first-order chi connectivity index (χ1) is 22.1. The Hall–Kier alpha value is -4.61. The highest BCUT2D eigenvalue weighted by molar-refractivity contribution is 5.95. The number of anilines is 1. The van der Waals surface area contributed by atoms with Gasteiger partial charge in [-0.05, 0) is 60.9 Å². The summed E-state index contributed by atoms with van der Waals surface area (Å²) in [5.41, 5.74) is 2.10. The molecule has 3 heterocycles. The summed E-state index contributed by atoms with van der Waals surface area (Å²) in [5, 5.41) is 6.48. The molecule has 0 aliphatic carbocycles. The van der Waals surface area contributed by atoms with Gasteiger partial charge in [0.2, 0.25) is 5.75 Å². The van der Waals surface area contributed by atoms with Crippen LogP contribution in [0.3, 0.4) is 0 Å². The molecule has 3 aromatic carbocycles. The van der Waals surface area contributed by atoms with Crippen LogP contribution in [0.15, 0.2) is 66.9 Å². The van der Waals surface area contributed by atoms with E-state index in [0.717, 1.165) is 44.8 Å². The van der Waals surface area contributed by atoms with E-state index >= 15 is 0 Å². The van der Waals surface area contributed by atoms with E-state index in [1.807, 2.05) is 13.0 Å². The fraction of sp³-hybridized carbons (Fsp3) is 0.353. The zero-order valence-electron chi connectivity index (χ0n) is 25.2. The molecule has 1 unspecified atom stereocenters. The number of pyridine rings is 1. The van der Waals surface area contributed by atoms with Crippen LogP contribution in [0.2, 0.25) is 0 Å². The van der Waals surface area contributed by atoms with Crippen molar-refractivity contribution in [2.75, 3.05) is 58.0 Å². The van der Waals surface area contributed by atoms with E-state index in [4.69, 9.17) is 23.7 Å². The fourth-order valence-electron chi connectivity index (χ4n) is 5.44. The highest BCUT2D eigenvalue weighted by Gasteiger charge is 2.25. The van der Waals surface area contributed by atoms with Gasteiger partial charge in [0.15, 0.2) is 11.5 Å². The molecule has 2 amide bonds. The van der Waals surface area contributed by atoms with Gasteiger partial charge in [0, 0.05) is 37.6 Å². The molecular weight excluding hydrogens is 579 g/mol. The Labute approximate surface area is 261 Å². The summed E-state index contributed by atoms with van der Waals surface area (Å²) in [4.78, 5) is 19.6. The Morgan fingerprint density at radius 1 is 0.978 bits per heavy atom. The number of nitrogens with one attached hydrogen (secondary N) is 2. The number of nitrogens with zero attached hydrogens (tertiary/aromatic N) is 2. The monoisotopic (exact) mass is 616 g/mol. The van der Waals surface area contributed by atoms with Crippen molar-refractivity contribution in [3.8, 4) is 28.7 Å². The number of benzene rings is 3. The third kappa shape index (κ3) is 7.55. The number of carbonyl (C=O) groups is 1. The Balaban J connectivity index is 1.12. The number of hydrogen-bond donors (Lipinski definition) is 2. The zero-order valence-corrected chi connectivity index (χ0v) is 25.2. The van der Waals surface area contributed by atoms with Gasteiger partial charge in [-0.25, -0.2) is 9.18 Å². The largest absolute Gasteiger partial charge is 0.489 e. The smallest absolute Gasteiger partial charge is 0.319 e. The summed E-state index contributed by atoms with van der Waals surface area (Å²) >= 11 is 0. The summed E-state index contributed by atoms with van der Waals surface area (Å²) < 4.78 is 43.3. The minimum atomic E-state index is -0.358. The summed E-state index contributed by atoms with van der Waals surface area (Å²) in [6.45, 7) is 7.71. The number of morpholine rings is 1. The molecule has 1 saturated heterocycles. The van der Waals surface area contributed by atoms with E-state index in [1.54, 1.807) is 48.7 Å². The third-order valence-corrected chi connectivity index (χ3v) is 7.75. The first-order valence-electron chi connectivity index (χ1n) is 15.3. The van der Waals surface area contributed by atoms with Crippen molar-refractivity contribution in [3.63, 3.8) is 0 Å². The number of halogens is 1. The molecule has 10 nitrogen and oxygen atoms in total. The Morgan fingerprint density at radius 3 is 2.49 bits per heavy atom. The molecule has 2 aliphatic heterocycles. The van der Waals surface area contributed by atoms with Crippen LogP contribution < -0.4 is 29.6 Å². The fourth-order valence-corrected chi connectivity index (χ4v) is 5.44. The van der Waals surface area contributed by atoms with Crippen LogP contribution in [0.1, 0.15) is 31.4 Å². The topological polar surface area (TPSA) is 103 Å². The van der Waals surface area contributed by atoms with Crippen molar-refractivity contribution in [1.29, 1.82) is 0 Å². The van der Waals surface area contributed by atoms with Gasteiger partial charge in [0.1, 0.15) is 30.5 Å². The van der Waals surface area contributed by atoms with Crippen molar-refractivity contribution in [2.45, 2.75) is 25.8 Å². The Kier molecular flexibility index (Phi) is 9.77. The third-order valence-electron chi connectivity index (χ3n) is 7.75. The number of ether oxygens (including phenoxy) is 5. The molecule has 45 heavy (non-hydrogen) atoms. The quantitative estimate of drug-likeness (QED) is 0.189. The highest BCUT2D eigenvalue weighted by Crippen LogP contribution is 2.48. The maximum absolute atomic E-state index is 13.3. The molecule has 0 saturated carbocycles. The zero-order chi connectivity index (χ0) is 31.0. The van der Waals surface area contributed by atoms with Gasteiger partial charge in [-0.3, -0.25) is 9.88 Å². The second kappa shape index (κ2) is 14.4. The molecule has 0 spiro atoms. The van der Waals surface area contributed by atoms with Gasteiger partial charge >= 0.3 is 6.03 Å². The normalized spacial score (nSPS) is 15.3. The minimum absolute atomic E-state index is 0.244. The molecule has 1 atom stereocenters. The van der Waals surface area contributed by atoms with Gasteiger partial charge in [-0.1, -0.05) is 19.1 Å². The van der Waals surface area contributed by atoms with Crippen LogP contribution in [-0.2, 0) is 4.74 Å². The van der Waals surface area contributed by atoms with E-state index in [2.05, 4.69) is 20.5 Å². The number of hydrogen-bond acceptors (Lipinski definition) is 8. The van der Waals surface area contributed by atoms with Crippen LogP contribution >= 0.6 is 0 Å². The molecule has 2 aliphatic rings. The molecule has 4 aromatic rings. The number of amides is 2. The van der Waals surface area contributed by atoms with Crippen LogP contribution in [-0.4, -0.2) is 68.6 Å². The highest BCUT2D eigenvalue weighted by atomic mass is 19.1. The average Bonchev–Trinajstić information content (AvgIpc) is 3.07. The molecule has 0 bridgehead atoms. The molecule has 0 radical (unpaired) electrons. The van der Waals surface area contributed by atoms with Gasteiger partial charge in [-0.2, -0.15) is 0 Å². The molecule has 236 valence electrons. The predicted octanol–water partition coefficient (Wildman–Crippen LogP) is 6.31. The van der Waals surface area contributed by atoms with E-state index in [9.17, 15) is 9.18 Å². The molecule has 2 N–H and O–H groups in total. The number of aromatic nitrogens is 1. The van der Waals surface area contributed by atoms with Gasteiger partial charge in [0.25, 0.3) is 0 Å². The van der Waals surface area contributed by atoms with Crippen molar-refractivity contribution >= 4 is 22.6 Å². The summed E-state index contributed by atoms with van der Waals surface area (Å²) in [5.74, 6) is 2.51. The summed E-state index contributed by atoms with van der Waals surface area (Å²) in [7, 11) is 0. The average molecular weight is 617 g/mol. The Morgan fingerprint density at radius 2 is 1.73 bits per heavy atom. The summed E-state index contributed by atoms with van der Waals surface area (Å²) in [6.07, 6.45) is 3.22. The van der Waals surface area contributed by atoms with Crippen LogP contribution in [0.25, 0.3) is 10.9 Å². The molecule has 1 fully saturated rings. The van der Waals surface area contributed by atoms with Crippen molar-refractivity contribution in [3.05, 3.63) is 78.2 Å². The van der Waals surface area contributed by atoms with Gasteiger partial charge in [-0.15, -0.1) is 0 Å². The minimum Gasteiger partial charge on any atom is -0.489 e. The number of rotatable bonds is 11. The van der Waals surface area contributed by atoms with Crippen LogP contribution in [0.5, 0.6) is 28.7 Å². The number of fused-ring (bicyclic) bond motifs is 3. The SMILES string of the molecule is CCC(NC(=O)Nc1ccc(Oc2ccnc3cc(OCCCN4CCOCC4)c4c(c23)OCCO4)cc1)c1ccc(F)cc1. The Bertz CT molecular complexity index is 1600. The maximum atomic E-state index is 13.3. The molecule has 11 heteroatoms. The molecular formula is C34H37FN4O6. The van der Waals surface area contributed by atoms with Gasteiger partial charge in [0.05, 0.1) is 36.8 Å². The lowest BCUT2D eigenvalue weighted by molar-refractivity contribution is 0.0357. The lowest BCUT2D eigenvalue weighted by atomic mass is 10.0. The van der Waals surface area contributed by atoms with E-state index in [0.29, 0.717) is 71.6 Å². The first-order valence-corrected chi connectivity index (χ1v) is 15.3. The lowest BCUT2D eigenvalue weighted by Crippen LogP contribution is -2.37. The lowest BCUT2D eigenvalue weighted by Gasteiger charge is -2.26. The van der Waals surface area contributed by atoms with E-state index in [1.165, 1.54) is 12.1 Å². The molecule has 6 rings (SSSR count). The second-order valence-corrected chi connectivity index (χ2v) is 10.8. The summed E-state index contributed by atoms with van der Waals surface area (Å²) in [6, 6.07) is 16.2. The maximum Gasteiger partial charge on any atom is 0.319 e. The second-order valence-electron chi connectivity index (χ2n) is 10.8. The van der Waals surface area contributed by atoms with Crippen LogP contribution in [0.4, 0.5) is 14.9 Å². The van der Waals surface area contributed by atoms with Crippen molar-refractivity contribution in [2.24, 2.45) is 0 Å². The molecule has 1 aromatic heterocycles. The van der Waals surface area contributed by atoms with Crippen molar-refractivity contribution in [1.82, 2.24) is 15.2 Å². The number of carbonyl (C=O) groups excluding carboxylic acids is 1. The van der Waals surface area contributed by atoms with E-state index < -0.39 is 0 Å². The van der Waals surface area contributed by atoms with Gasteiger partial charge < -0.3 is 34.3 Å². The first kappa shape index (κ1) is 30.4. The van der Waals surface area contributed by atoms with Crippen LogP contribution in [0, 0.1) is 5.82 Å². The van der Waals surface area contributed by atoms with Crippen molar-refractivity contribution < 1.29 is 32.9 Å². The predicted molar refractivity (Wildman–Crippen MR) is 168 cm³/mol. The standard InChI is InChI=1S/C34H37FN4O6/c1-2-27(23-4-6-24(35)7-5-23)38-34(40)37-25-8-10-26(11-9-25)45-29-12-13-36-28-22-30(32-33(31(28)29)44-21-20-43-32)42-17-3-14-39-15-18-41-19-16-39/h4-13,22,27H,2-3,14-21H2,1H3,(H2,37,38,40). The number of urea groups is 1. The van der Waals surface area contributed by atoms with E-state index in [-0.39, 0.29) is 17.9 Å².